The number of alkyl halides is 8. The predicted octanol–water partition coefficient (Wildman–Crippen LogP) is 3.14. The Morgan fingerprint density at radius 1 is 0.867 bits per heavy atom. The predicted molar refractivity (Wildman–Crippen MR) is 33.8 cm³/mol. The highest BCUT2D eigenvalue weighted by molar-refractivity contribution is 5.17. The van der Waals surface area contributed by atoms with E-state index in [2.05, 4.69) is 0 Å². The molecule has 0 fully saturated rings. The lowest BCUT2D eigenvalue weighted by Gasteiger charge is -2.29. The summed E-state index contributed by atoms with van der Waals surface area (Å²) in [4.78, 5) is 0. The van der Waals surface area contributed by atoms with Crippen LogP contribution in [0.5, 0.6) is 0 Å². The van der Waals surface area contributed by atoms with Crippen LogP contribution in [0.1, 0.15) is 0 Å². The van der Waals surface area contributed by atoms with Crippen molar-refractivity contribution in [3.05, 3.63) is 12.2 Å². The van der Waals surface area contributed by atoms with E-state index < -0.39 is 42.3 Å². The molecule has 0 aliphatic heterocycles. The Balaban J connectivity index is 3.26. The summed E-state index contributed by atoms with van der Waals surface area (Å²) >= 11 is 0. The molecule has 0 bridgehead atoms. The van der Waals surface area contributed by atoms with Gasteiger partial charge in [-0.15, -0.1) is 0 Å². The van der Waals surface area contributed by atoms with Crippen molar-refractivity contribution in [1.82, 2.24) is 0 Å². The molecule has 15 heavy (non-hydrogen) atoms. The van der Waals surface area contributed by atoms with Crippen LogP contribution in [0.15, 0.2) is 12.2 Å². The molecule has 0 nitrogen and oxygen atoms in total. The summed E-state index contributed by atoms with van der Waals surface area (Å²) in [7, 11) is 0. The summed E-state index contributed by atoms with van der Waals surface area (Å²) < 4.78 is 99.7. The van der Waals surface area contributed by atoms with Gasteiger partial charge in [-0.2, -0.15) is 26.3 Å². The Bertz CT molecular complexity index is 281. The Kier molecular flexibility index (Phi) is 2.52. The normalized spacial score (nSPS) is 37.3. The minimum atomic E-state index is -5.64. The van der Waals surface area contributed by atoms with Crippen LogP contribution < -0.4 is 0 Å². The molecule has 2 atom stereocenters. The zero-order valence-electron chi connectivity index (χ0n) is 6.83. The lowest BCUT2D eigenvalue weighted by molar-refractivity contribution is -0.262. The summed E-state index contributed by atoms with van der Waals surface area (Å²) in [6.45, 7) is 0. The van der Waals surface area contributed by atoms with E-state index in [1.807, 2.05) is 0 Å². The van der Waals surface area contributed by atoms with E-state index in [1.165, 1.54) is 0 Å². The van der Waals surface area contributed by atoms with Gasteiger partial charge in [0.1, 0.15) is 0 Å². The van der Waals surface area contributed by atoms with E-state index in [1.54, 1.807) is 0 Å². The summed E-state index contributed by atoms with van der Waals surface area (Å²) in [6, 6.07) is 0. The molecular weight excluding hydrogens is 236 g/mol. The van der Waals surface area contributed by atoms with E-state index in [0.29, 0.717) is 0 Å². The third-order valence-electron chi connectivity index (χ3n) is 1.94. The second-order valence-corrected chi connectivity index (χ2v) is 3.04. The average Bonchev–Trinajstić information content (AvgIpc) is 2.13. The molecule has 0 aromatic carbocycles. The maximum Gasteiger partial charge on any atom is 0.350 e. The van der Waals surface area contributed by atoms with Crippen molar-refractivity contribution >= 4 is 0 Å². The zero-order chi connectivity index (χ0) is 12.1. The third kappa shape index (κ3) is 1.59. The third-order valence-corrected chi connectivity index (χ3v) is 1.94. The second-order valence-electron chi connectivity index (χ2n) is 3.04. The maximum absolute atomic E-state index is 12.5. The maximum atomic E-state index is 12.5. The molecule has 1 rings (SSSR count). The largest absolute Gasteiger partial charge is 0.350 e. The highest BCUT2D eigenvalue weighted by atomic mass is 19.3. The summed E-state index contributed by atoms with van der Waals surface area (Å²) in [5.41, 5.74) is 0. The molecule has 0 saturated carbocycles. The zero-order valence-corrected chi connectivity index (χ0v) is 6.83. The van der Waals surface area contributed by atoms with Gasteiger partial charge < -0.3 is 0 Å². The van der Waals surface area contributed by atoms with Gasteiger partial charge >= 0.3 is 17.8 Å². The summed E-state index contributed by atoms with van der Waals surface area (Å²) in [5.74, 6) is -16.0. The van der Waals surface area contributed by atoms with Gasteiger partial charge in [-0.3, -0.25) is 0 Å². The first-order chi connectivity index (χ1) is 6.53. The fourth-order valence-electron chi connectivity index (χ4n) is 0.995. The van der Waals surface area contributed by atoms with Gasteiger partial charge in [-0.05, 0) is 12.2 Å². The Labute approximate surface area is 78.6 Å². The molecule has 1 aliphatic rings. The van der Waals surface area contributed by atoms with Crippen LogP contribution in [0.3, 0.4) is 0 Å². The van der Waals surface area contributed by atoms with Gasteiger partial charge in [-0.25, -0.2) is 8.78 Å². The minimum absolute atomic E-state index is 0.465. The quantitative estimate of drug-likeness (QED) is 0.450. The van der Waals surface area contributed by atoms with Gasteiger partial charge in [0.25, 0.3) is 0 Å². The van der Waals surface area contributed by atoms with Crippen LogP contribution in [-0.4, -0.2) is 30.1 Å². The van der Waals surface area contributed by atoms with E-state index >= 15 is 0 Å². The molecule has 0 aromatic rings. The fraction of sp³-hybridized carbons (Fsp3) is 0.714. The van der Waals surface area contributed by atoms with E-state index in [-0.39, 0.29) is 0 Å². The first kappa shape index (κ1) is 12.3. The van der Waals surface area contributed by atoms with Gasteiger partial charge in [0, 0.05) is 0 Å². The van der Waals surface area contributed by atoms with Crippen molar-refractivity contribution in [3.63, 3.8) is 0 Å². The number of allylic oxidation sites excluding steroid dienone is 2. The Hall–Kier alpha value is -0.820. The lowest BCUT2D eigenvalue weighted by atomic mass is 10.0. The molecule has 88 valence electrons. The molecule has 0 radical (unpaired) electrons. The van der Waals surface area contributed by atoms with Crippen LogP contribution in [0, 0.1) is 0 Å². The van der Waals surface area contributed by atoms with E-state index in [0.717, 1.165) is 0 Å². The molecule has 0 saturated heterocycles. The molecule has 0 spiro atoms. The Morgan fingerprint density at radius 2 is 1.33 bits per heavy atom. The van der Waals surface area contributed by atoms with Gasteiger partial charge in [0.2, 0.25) is 6.17 Å². The number of halogens is 8. The fourth-order valence-corrected chi connectivity index (χ4v) is 0.995. The van der Waals surface area contributed by atoms with Crippen molar-refractivity contribution in [2.24, 2.45) is 0 Å². The smallest absolute Gasteiger partial charge is 0.236 e. The van der Waals surface area contributed by atoms with Gasteiger partial charge in [-0.1, -0.05) is 0 Å². The van der Waals surface area contributed by atoms with Crippen molar-refractivity contribution in [1.29, 1.82) is 0 Å². The number of hydrogen-bond donors (Lipinski definition) is 0. The summed E-state index contributed by atoms with van der Waals surface area (Å²) in [6.07, 6.45) is -9.30. The lowest BCUT2D eigenvalue weighted by Crippen LogP contribution is -2.54. The second kappa shape index (κ2) is 3.08. The molecule has 8 heteroatoms. The first-order valence-electron chi connectivity index (χ1n) is 3.64. The molecule has 0 aromatic heterocycles. The molecule has 0 heterocycles. The standard InChI is InChI=1S/C7H4F8/c8-3-1-2-5(10,11)7(14,15)4(9)6(3,12)13/h1-4H. The van der Waals surface area contributed by atoms with E-state index in [4.69, 9.17) is 0 Å². The van der Waals surface area contributed by atoms with Crippen LogP contribution in [0.4, 0.5) is 35.1 Å². The highest BCUT2D eigenvalue weighted by Gasteiger charge is 2.71. The molecule has 2 unspecified atom stereocenters. The first-order valence-corrected chi connectivity index (χ1v) is 3.64. The van der Waals surface area contributed by atoms with Crippen LogP contribution in [-0.2, 0) is 0 Å². The van der Waals surface area contributed by atoms with Crippen LogP contribution in [0.2, 0.25) is 0 Å². The average molecular weight is 240 g/mol. The number of hydrogen-bond acceptors (Lipinski definition) is 0. The molecular formula is C7H4F8. The van der Waals surface area contributed by atoms with Crippen molar-refractivity contribution in [2.75, 3.05) is 0 Å². The molecule has 1 aliphatic carbocycles. The molecule has 0 amide bonds. The van der Waals surface area contributed by atoms with Crippen molar-refractivity contribution in [3.8, 4) is 0 Å². The Morgan fingerprint density at radius 3 is 1.80 bits per heavy atom. The number of rotatable bonds is 0. The van der Waals surface area contributed by atoms with Crippen molar-refractivity contribution in [2.45, 2.75) is 30.1 Å². The topological polar surface area (TPSA) is 0 Å². The minimum Gasteiger partial charge on any atom is -0.236 e. The van der Waals surface area contributed by atoms with Gasteiger partial charge in [0.05, 0.1) is 0 Å². The SMILES string of the molecule is FC1C=CC(F)(F)C(F)(F)C(F)C1(F)F. The molecule has 0 N–H and O–H groups in total. The monoisotopic (exact) mass is 240 g/mol. The van der Waals surface area contributed by atoms with E-state index in [9.17, 15) is 35.1 Å². The van der Waals surface area contributed by atoms with Crippen molar-refractivity contribution < 1.29 is 35.1 Å². The van der Waals surface area contributed by atoms with Crippen LogP contribution in [0.25, 0.3) is 0 Å². The van der Waals surface area contributed by atoms with Crippen LogP contribution >= 0.6 is 0 Å². The highest BCUT2D eigenvalue weighted by Crippen LogP contribution is 2.48. The summed E-state index contributed by atoms with van der Waals surface area (Å²) in [5, 5.41) is 0. The van der Waals surface area contributed by atoms with Gasteiger partial charge in [0.15, 0.2) is 6.17 Å².